The van der Waals surface area contributed by atoms with Gasteiger partial charge in [-0.25, -0.2) is 14.2 Å². The Morgan fingerprint density at radius 3 is 2.70 bits per heavy atom. The molecule has 0 bridgehead atoms. The number of carbonyl (C=O) groups is 1. The van der Waals surface area contributed by atoms with Gasteiger partial charge in [0.15, 0.2) is 11.6 Å². The molecule has 1 aromatic heterocycles. The number of benzene rings is 1. The van der Waals surface area contributed by atoms with Crippen molar-refractivity contribution in [2.45, 2.75) is 43.8 Å². The normalized spacial score (nSPS) is 14.6. The van der Waals surface area contributed by atoms with E-state index < -0.39 is 5.82 Å². The number of likely N-dealkylation sites (tertiary alicyclic amines) is 1. The van der Waals surface area contributed by atoms with Crippen molar-refractivity contribution < 1.29 is 23.8 Å². The van der Waals surface area contributed by atoms with E-state index in [0.29, 0.717) is 25.9 Å². The summed E-state index contributed by atoms with van der Waals surface area (Å²) in [5.74, 6) is -0.249. The molecule has 1 aliphatic rings. The van der Waals surface area contributed by atoms with E-state index in [-0.39, 0.29) is 41.3 Å². The molecule has 2 heterocycles. The fourth-order valence-electron chi connectivity index (χ4n) is 3.09. The average molecular weight is 436 g/mol. The molecule has 3 rings (SSSR count). The zero-order valence-corrected chi connectivity index (χ0v) is 18.0. The number of amides is 1. The summed E-state index contributed by atoms with van der Waals surface area (Å²) in [6.07, 6.45) is 3.94. The summed E-state index contributed by atoms with van der Waals surface area (Å²) >= 11 is 1.44. The number of carbonyl (C=O) groups excluding carboxylic acids is 1. The maximum Gasteiger partial charge on any atom is 0.410 e. The molecule has 0 spiro atoms. The number of hydrogen-bond acceptors (Lipinski definition) is 7. The molecule has 2 N–H and O–H groups in total. The van der Waals surface area contributed by atoms with Crippen molar-refractivity contribution in [2.75, 3.05) is 24.7 Å². The maximum absolute atomic E-state index is 14.2. The highest BCUT2D eigenvalue weighted by Crippen LogP contribution is 2.36. The lowest BCUT2D eigenvalue weighted by atomic mass is 10.1. The van der Waals surface area contributed by atoms with E-state index in [4.69, 9.17) is 9.47 Å². The lowest BCUT2D eigenvalue weighted by Gasteiger charge is -2.32. The van der Waals surface area contributed by atoms with Crippen molar-refractivity contribution in [3.63, 3.8) is 0 Å². The van der Waals surface area contributed by atoms with Crippen LogP contribution >= 0.6 is 11.8 Å². The van der Waals surface area contributed by atoms with Crippen LogP contribution in [0.3, 0.4) is 0 Å². The molecule has 162 valence electrons. The van der Waals surface area contributed by atoms with Crippen LogP contribution in [-0.2, 0) is 4.74 Å². The summed E-state index contributed by atoms with van der Waals surface area (Å²) in [4.78, 5) is 18.5. The molecule has 0 saturated carbocycles. The van der Waals surface area contributed by atoms with Gasteiger partial charge in [0.1, 0.15) is 11.9 Å². The third-order valence-corrected chi connectivity index (χ3v) is 5.37. The largest absolute Gasteiger partial charge is 0.502 e. The Balaban J connectivity index is 1.63. The van der Waals surface area contributed by atoms with Crippen molar-refractivity contribution in [1.82, 2.24) is 9.88 Å². The molecular weight excluding hydrogens is 409 g/mol. The van der Waals surface area contributed by atoms with Gasteiger partial charge < -0.3 is 24.8 Å². The minimum atomic E-state index is -0.435. The number of rotatable bonds is 6. The zero-order chi connectivity index (χ0) is 21.7. The molecule has 7 nitrogen and oxygen atoms in total. The SMILES string of the molecule is CSc1ccc(Nc2nccc(OC3CCN(C(=O)OC(C)C)CC3)c2O)c(F)c1. The summed E-state index contributed by atoms with van der Waals surface area (Å²) in [6, 6.07) is 6.36. The molecular formula is C21H26FN3O4S. The van der Waals surface area contributed by atoms with Crippen molar-refractivity contribution in [3.05, 3.63) is 36.3 Å². The fraction of sp³-hybridized carbons (Fsp3) is 0.429. The fourth-order valence-corrected chi connectivity index (χ4v) is 3.51. The number of ether oxygens (including phenoxy) is 2. The van der Waals surface area contributed by atoms with Gasteiger partial charge in [-0.1, -0.05) is 0 Å². The molecule has 0 unspecified atom stereocenters. The third kappa shape index (κ3) is 5.47. The minimum absolute atomic E-state index is 0.112. The second-order valence-corrected chi connectivity index (χ2v) is 8.09. The Morgan fingerprint density at radius 1 is 1.33 bits per heavy atom. The van der Waals surface area contributed by atoms with Crippen LogP contribution in [0.2, 0.25) is 0 Å². The van der Waals surface area contributed by atoms with Gasteiger partial charge in [0.2, 0.25) is 5.75 Å². The van der Waals surface area contributed by atoms with Crippen molar-refractivity contribution in [1.29, 1.82) is 0 Å². The Hall–Kier alpha value is -2.68. The molecule has 0 atom stereocenters. The number of piperidine rings is 1. The predicted molar refractivity (Wildman–Crippen MR) is 114 cm³/mol. The Bertz CT molecular complexity index is 889. The van der Waals surface area contributed by atoms with Gasteiger partial charge in [-0.05, 0) is 38.3 Å². The Kier molecular flexibility index (Phi) is 7.25. The summed E-state index contributed by atoms with van der Waals surface area (Å²) < 4.78 is 25.4. The molecule has 1 amide bonds. The number of nitrogens with zero attached hydrogens (tertiary/aromatic N) is 2. The van der Waals surface area contributed by atoms with Crippen LogP contribution in [0.15, 0.2) is 35.4 Å². The number of thioether (sulfide) groups is 1. The first-order chi connectivity index (χ1) is 14.4. The van der Waals surface area contributed by atoms with Crippen molar-refractivity contribution >= 4 is 29.4 Å². The number of aromatic nitrogens is 1. The van der Waals surface area contributed by atoms with Crippen LogP contribution in [0.25, 0.3) is 0 Å². The van der Waals surface area contributed by atoms with Crippen molar-refractivity contribution in [3.8, 4) is 11.5 Å². The summed E-state index contributed by atoms with van der Waals surface area (Å²) in [5, 5.41) is 13.4. The average Bonchev–Trinajstić information content (AvgIpc) is 2.72. The molecule has 0 aliphatic carbocycles. The van der Waals surface area contributed by atoms with E-state index in [1.807, 2.05) is 20.1 Å². The molecule has 0 radical (unpaired) electrons. The summed E-state index contributed by atoms with van der Waals surface area (Å²) in [7, 11) is 0. The predicted octanol–water partition coefficient (Wildman–Crippen LogP) is 4.78. The molecule has 1 saturated heterocycles. The van der Waals surface area contributed by atoms with E-state index in [0.717, 1.165) is 4.90 Å². The Labute approximate surface area is 179 Å². The molecule has 1 aliphatic heterocycles. The molecule has 1 aromatic carbocycles. The highest BCUT2D eigenvalue weighted by Gasteiger charge is 2.26. The number of hydrogen-bond donors (Lipinski definition) is 2. The molecule has 1 fully saturated rings. The molecule has 9 heteroatoms. The molecule has 2 aromatic rings. The lowest BCUT2D eigenvalue weighted by molar-refractivity contribution is 0.0511. The topological polar surface area (TPSA) is 83.9 Å². The number of pyridine rings is 1. The number of nitrogens with one attached hydrogen (secondary N) is 1. The van der Waals surface area contributed by atoms with E-state index in [1.165, 1.54) is 24.0 Å². The van der Waals surface area contributed by atoms with Gasteiger partial charge in [-0.15, -0.1) is 11.8 Å². The summed E-state index contributed by atoms with van der Waals surface area (Å²) in [6.45, 7) is 4.66. The number of halogens is 1. The van der Waals surface area contributed by atoms with Gasteiger partial charge in [-0.3, -0.25) is 0 Å². The third-order valence-electron chi connectivity index (χ3n) is 4.65. The van der Waals surface area contributed by atoms with Gasteiger partial charge in [0.05, 0.1) is 11.8 Å². The minimum Gasteiger partial charge on any atom is -0.502 e. The van der Waals surface area contributed by atoms with Crippen LogP contribution in [0, 0.1) is 5.82 Å². The van der Waals surface area contributed by atoms with Gasteiger partial charge in [0, 0.05) is 43.1 Å². The first kappa shape index (κ1) is 22.0. The second-order valence-electron chi connectivity index (χ2n) is 7.21. The van der Waals surface area contributed by atoms with E-state index in [9.17, 15) is 14.3 Å². The van der Waals surface area contributed by atoms with Crippen molar-refractivity contribution in [2.24, 2.45) is 0 Å². The second kappa shape index (κ2) is 9.88. The van der Waals surface area contributed by atoms with Crippen LogP contribution < -0.4 is 10.1 Å². The Morgan fingerprint density at radius 2 is 2.07 bits per heavy atom. The van der Waals surface area contributed by atoms with Gasteiger partial charge in [-0.2, -0.15) is 0 Å². The zero-order valence-electron chi connectivity index (χ0n) is 17.2. The summed E-state index contributed by atoms with van der Waals surface area (Å²) in [5.41, 5.74) is 0.213. The highest BCUT2D eigenvalue weighted by atomic mass is 32.2. The standard InChI is InChI=1S/C21H26FN3O4S/c1-13(2)28-21(27)25-10-7-14(8-11-25)29-18-6-9-23-20(19(18)26)24-17-5-4-15(30-3)12-16(17)22/h4-6,9,12-14,26H,7-8,10-11H2,1-3H3,(H,23,24). The quantitative estimate of drug-likeness (QED) is 0.632. The lowest BCUT2D eigenvalue weighted by Crippen LogP contribution is -2.42. The van der Waals surface area contributed by atoms with Crippen LogP contribution in [0.5, 0.6) is 11.5 Å². The van der Waals surface area contributed by atoms with Crippen LogP contribution in [-0.4, -0.2) is 52.6 Å². The number of aromatic hydroxyl groups is 1. The van der Waals surface area contributed by atoms with Gasteiger partial charge >= 0.3 is 6.09 Å². The van der Waals surface area contributed by atoms with E-state index >= 15 is 0 Å². The van der Waals surface area contributed by atoms with E-state index in [1.54, 1.807) is 23.1 Å². The first-order valence-corrected chi connectivity index (χ1v) is 11.0. The first-order valence-electron chi connectivity index (χ1n) is 9.78. The smallest absolute Gasteiger partial charge is 0.410 e. The maximum atomic E-state index is 14.2. The van der Waals surface area contributed by atoms with Gasteiger partial charge in [0.25, 0.3) is 0 Å². The van der Waals surface area contributed by atoms with Crippen LogP contribution in [0.1, 0.15) is 26.7 Å². The highest BCUT2D eigenvalue weighted by molar-refractivity contribution is 7.98. The number of anilines is 2. The van der Waals surface area contributed by atoms with Crippen LogP contribution in [0.4, 0.5) is 20.7 Å². The monoisotopic (exact) mass is 435 g/mol. The molecule has 30 heavy (non-hydrogen) atoms. The van der Waals surface area contributed by atoms with E-state index in [2.05, 4.69) is 10.3 Å².